The SMILES string of the molecule is C[C@@H](O)[C@](C)(O)C#Cc1ccccc1. The summed E-state index contributed by atoms with van der Waals surface area (Å²) in [5, 5.41) is 18.8. The van der Waals surface area contributed by atoms with Crippen LogP contribution in [0.4, 0.5) is 0 Å². The zero-order chi connectivity index (χ0) is 10.6. The van der Waals surface area contributed by atoms with Crippen LogP contribution in [0.3, 0.4) is 0 Å². The number of hydrogen-bond acceptors (Lipinski definition) is 2. The molecule has 2 N–H and O–H groups in total. The van der Waals surface area contributed by atoms with Crippen LogP contribution in [0.2, 0.25) is 0 Å². The third-order valence-corrected chi connectivity index (χ3v) is 2.05. The van der Waals surface area contributed by atoms with Gasteiger partial charge in [0.15, 0.2) is 0 Å². The summed E-state index contributed by atoms with van der Waals surface area (Å²) in [5.41, 5.74) is -0.524. The predicted octanol–water partition coefficient (Wildman–Crippen LogP) is 1.17. The molecule has 74 valence electrons. The van der Waals surface area contributed by atoms with Crippen molar-refractivity contribution in [3.63, 3.8) is 0 Å². The smallest absolute Gasteiger partial charge is 0.148 e. The Kier molecular flexibility index (Phi) is 3.29. The molecule has 1 aromatic carbocycles. The largest absolute Gasteiger partial charge is 0.389 e. The van der Waals surface area contributed by atoms with E-state index in [0.717, 1.165) is 5.56 Å². The fourth-order valence-corrected chi connectivity index (χ4v) is 0.825. The van der Waals surface area contributed by atoms with Crippen molar-refractivity contribution in [2.45, 2.75) is 25.6 Å². The highest BCUT2D eigenvalue weighted by Crippen LogP contribution is 2.07. The standard InChI is InChI=1S/C12H14O2/c1-10(13)12(2,14)9-8-11-6-4-3-5-7-11/h3-7,10,13-14H,1-2H3/t10-,12-/m1/s1. The molecule has 0 spiro atoms. The molecule has 2 atom stereocenters. The maximum atomic E-state index is 9.63. The Morgan fingerprint density at radius 1 is 1.29 bits per heavy atom. The molecule has 0 amide bonds. The summed E-state index contributed by atoms with van der Waals surface area (Å²) in [4.78, 5) is 0. The maximum Gasteiger partial charge on any atom is 0.148 e. The van der Waals surface area contributed by atoms with E-state index < -0.39 is 11.7 Å². The first-order chi connectivity index (χ1) is 6.52. The van der Waals surface area contributed by atoms with Gasteiger partial charge in [-0.15, -0.1) is 0 Å². The number of benzene rings is 1. The van der Waals surface area contributed by atoms with Crippen molar-refractivity contribution in [3.05, 3.63) is 35.9 Å². The van der Waals surface area contributed by atoms with Gasteiger partial charge < -0.3 is 10.2 Å². The van der Waals surface area contributed by atoms with Crippen LogP contribution in [0, 0.1) is 11.8 Å². The molecule has 1 aromatic rings. The minimum absolute atomic E-state index is 0.827. The number of aliphatic hydroxyl groups excluding tert-OH is 1. The van der Waals surface area contributed by atoms with Gasteiger partial charge in [-0.05, 0) is 26.0 Å². The van der Waals surface area contributed by atoms with E-state index in [9.17, 15) is 10.2 Å². The molecule has 2 heteroatoms. The molecular formula is C12H14O2. The monoisotopic (exact) mass is 190 g/mol. The molecule has 0 aliphatic heterocycles. The van der Waals surface area contributed by atoms with E-state index in [1.807, 2.05) is 30.3 Å². The molecule has 1 rings (SSSR count). The van der Waals surface area contributed by atoms with Gasteiger partial charge >= 0.3 is 0 Å². The van der Waals surface area contributed by atoms with Gasteiger partial charge in [-0.25, -0.2) is 0 Å². The second-order valence-corrected chi connectivity index (χ2v) is 3.44. The third kappa shape index (κ3) is 2.88. The predicted molar refractivity (Wildman–Crippen MR) is 55.6 cm³/mol. The first-order valence-corrected chi connectivity index (χ1v) is 4.51. The van der Waals surface area contributed by atoms with E-state index in [2.05, 4.69) is 11.8 Å². The summed E-state index contributed by atoms with van der Waals surface area (Å²) in [6, 6.07) is 9.36. The van der Waals surface area contributed by atoms with Crippen molar-refractivity contribution in [1.82, 2.24) is 0 Å². The van der Waals surface area contributed by atoms with E-state index in [1.165, 1.54) is 13.8 Å². The highest BCUT2D eigenvalue weighted by atomic mass is 16.3. The highest BCUT2D eigenvalue weighted by Gasteiger charge is 2.23. The molecule has 0 radical (unpaired) electrons. The Morgan fingerprint density at radius 3 is 2.36 bits per heavy atom. The zero-order valence-electron chi connectivity index (χ0n) is 8.36. The van der Waals surface area contributed by atoms with Crippen LogP contribution in [-0.4, -0.2) is 21.9 Å². The second-order valence-electron chi connectivity index (χ2n) is 3.44. The van der Waals surface area contributed by atoms with Gasteiger partial charge in [0.25, 0.3) is 0 Å². The van der Waals surface area contributed by atoms with Crippen molar-refractivity contribution < 1.29 is 10.2 Å². The van der Waals surface area contributed by atoms with Crippen LogP contribution in [0.5, 0.6) is 0 Å². The minimum Gasteiger partial charge on any atom is -0.389 e. The van der Waals surface area contributed by atoms with Crippen LogP contribution in [-0.2, 0) is 0 Å². The number of hydrogen-bond donors (Lipinski definition) is 2. The number of aliphatic hydroxyl groups is 2. The summed E-state index contributed by atoms with van der Waals surface area (Å²) in [7, 11) is 0. The molecule has 14 heavy (non-hydrogen) atoms. The maximum absolute atomic E-state index is 9.63. The van der Waals surface area contributed by atoms with Gasteiger partial charge in [0.05, 0.1) is 6.10 Å². The van der Waals surface area contributed by atoms with Gasteiger partial charge in [0, 0.05) is 5.56 Å². The Bertz CT molecular complexity index is 342. The van der Waals surface area contributed by atoms with Gasteiger partial charge in [0.2, 0.25) is 0 Å². The fourth-order valence-electron chi connectivity index (χ4n) is 0.825. The Balaban J connectivity index is 2.83. The Hall–Kier alpha value is -1.30. The second kappa shape index (κ2) is 4.28. The van der Waals surface area contributed by atoms with E-state index in [-0.39, 0.29) is 0 Å². The lowest BCUT2D eigenvalue weighted by molar-refractivity contribution is -0.00786. The number of rotatable bonds is 1. The van der Waals surface area contributed by atoms with E-state index in [1.54, 1.807) is 0 Å². The minimum atomic E-state index is -1.35. The van der Waals surface area contributed by atoms with Crippen LogP contribution in [0.25, 0.3) is 0 Å². The molecule has 0 bridgehead atoms. The Labute approximate surface area is 84.2 Å². The quantitative estimate of drug-likeness (QED) is 0.653. The van der Waals surface area contributed by atoms with Gasteiger partial charge in [-0.1, -0.05) is 30.0 Å². The van der Waals surface area contributed by atoms with Crippen molar-refractivity contribution in [1.29, 1.82) is 0 Å². The lowest BCUT2D eigenvalue weighted by atomic mass is 10.0. The van der Waals surface area contributed by atoms with Crippen LogP contribution < -0.4 is 0 Å². The van der Waals surface area contributed by atoms with E-state index >= 15 is 0 Å². The normalized spacial score (nSPS) is 16.3. The molecule has 0 heterocycles. The summed E-state index contributed by atoms with van der Waals surface area (Å²) in [6.07, 6.45) is -0.862. The molecule has 0 saturated carbocycles. The summed E-state index contributed by atoms with van der Waals surface area (Å²) >= 11 is 0. The van der Waals surface area contributed by atoms with Crippen molar-refractivity contribution >= 4 is 0 Å². The summed E-state index contributed by atoms with van der Waals surface area (Å²) in [5.74, 6) is 5.44. The molecule has 0 saturated heterocycles. The average molecular weight is 190 g/mol. The highest BCUT2D eigenvalue weighted by molar-refractivity contribution is 5.35. The first-order valence-electron chi connectivity index (χ1n) is 4.51. The van der Waals surface area contributed by atoms with Gasteiger partial charge in [-0.2, -0.15) is 0 Å². The summed E-state index contributed by atoms with van der Waals surface area (Å²) < 4.78 is 0. The molecule has 0 aromatic heterocycles. The first kappa shape index (κ1) is 10.8. The van der Waals surface area contributed by atoms with Crippen LogP contribution in [0.1, 0.15) is 19.4 Å². The van der Waals surface area contributed by atoms with Crippen molar-refractivity contribution in [2.24, 2.45) is 0 Å². The van der Waals surface area contributed by atoms with Crippen molar-refractivity contribution in [3.8, 4) is 11.8 Å². The molecule has 0 unspecified atom stereocenters. The Morgan fingerprint density at radius 2 is 1.86 bits per heavy atom. The molecule has 2 nitrogen and oxygen atoms in total. The van der Waals surface area contributed by atoms with E-state index in [0.29, 0.717) is 0 Å². The molecular weight excluding hydrogens is 176 g/mol. The lowest BCUT2D eigenvalue weighted by Crippen LogP contribution is -2.35. The molecule has 0 aliphatic rings. The third-order valence-electron chi connectivity index (χ3n) is 2.05. The fraction of sp³-hybridized carbons (Fsp3) is 0.333. The molecule has 0 aliphatic carbocycles. The van der Waals surface area contributed by atoms with Gasteiger partial charge in [-0.3, -0.25) is 0 Å². The average Bonchev–Trinajstić information content (AvgIpc) is 2.16. The lowest BCUT2D eigenvalue weighted by Gasteiger charge is -2.19. The topological polar surface area (TPSA) is 40.5 Å². The zero-order valence-corrected chi connectivity index (χ0v) is 8.36. The van der Waals surface area contributed by atoms with E-state index in [4.69, 9.17) is 0 Å². The van der Waals surface area contributed by atoms with Crippen LogP contribution >= 0.6 is 0 Å². The van der Waals surface area contributed by atoms with Crippen molar-refractivity contribution in [2.75, 3.05) is 0 Å². The molecule has 0 fully saturated rings. The van der Waals surface area contributed by atoms with Crippen LogP contribution in [0.15, 0.2) is 30.3 Å². The van der Waals surface area contributed by atoms with Gasteiger partial charge in [0.1, 0.15) is 5.60 Å². The summed E-state index contributed by atoms with van der Waals surface area (Å²) in [6.45, 7) is 3.01.